The van der Waals surface area contributed by atoms with Crippen molar-refractivity contribution in [2.45, 2.75) is 39.2 Å². The monoisotopic (exact) mass is 442 g/mol. The average molecular weight is 443 g/mol. The largest absolute Gasteiger partial charge is 0.381 e. The van der Waals surface area contributed by atoms with Crippen molar-refractivity contribution >= 4 is 34.6 Å². The fourth-order valence-electron chi connectivity index (χ4n) is 4.79. The van der Waals surface area contributed by atoms with E-state index in [9.17, 15) is 4.79 Å². The first-order valence-electron chi connectivity index (χ1n) is 11.2. The third-order valence-corrected chi connectivity index (χ3v) is 7.55. The summed E-state index contributed by atoms with van der Waals surface area (Å²) in [5.74, 6) is 0.112. The minimum atomic E-state index is 0. The average Bonchev–Trinajstić information content (AvgIpc) is 3.42. The summed E-state index contributed by atoms with van der Waals surface area (Å²) in [6.07, 6.45) is 4.73. The van der Waals surface area contributed by atoms with E-state index in [1.807, 2.05) is 11.0 Å². The lowest BCUT2D eigenvalue weighted by molar-refractivity contribution is -0.117. The molecule has 0 saturated heterocycles. The number of anilines is 1. The minimum absolute atomic E-state index is 0. The molecule has 3 nitrogen and oxygen atoms in total. The third kappa shape index (κ3) is 3.91. The summed E-state index contributed by atoms with van der Waals surface area (Å²) in [6, 6.07) is 17.4. The number of nitrogens with zero attached hydrogens (tertiary/aromatic N) is 1. The summed E-state index contributed by atoms with van der Waals surface area (Å²) in [4.78, 5) is 16.5. The summed E-state index contributed by atoms with van der Waals surface area (Å²) in [7, 11) is 0. The van der Waals surface area contributed by atoms with Crippen molar-refractivity contribution in [2.24, 2.45) is 0 Å². The maximum absolute atomic E-state index is 13.5. The summed E-state index contributed by atoms with van der Waals surface area (Å²) in [5, 5.41) is 5.68. The molecule has 4 heteroatoms. The number of benzene rings is 2. The van der Waals surface area contributed by atoms with Crippen LogP contribution in [0.4, 0.5) is 5.69 Å². The summed E-state index contributed by atoms with van der Waals surface area (Å²) in [5.41, 5.74) is 9.22. The Morgan fingerprint density at radius 3 is 2.81 bits per heavy atom. The van der Waals surface area contributed by atoms with Crippen LogP contribution in [0.25, 0.3) is 11.6 Å². The molecule has 1 atom stereocenters. The highest BCUT2D eigenvalue weighted by molar-refractivity contribution is 7.11. The van der Waals surface area contributed by atoms with E-state index >= 15 is 0 Å². The van der Waals surface area contributed by atoms with E-state index in [4.69, 9.17) is 0 Å². The number of hydrogen-bond acceptors (Lipinski definition) is 3. The third-order valence-electron chi connectivity index (χ3n) is 6.60. The van der Waals surface area contributed by atoms with Gasteiger partial charge in [0.05, 0.1) is 24.7 Å². The van der Waals surface area contributed by atoms with E-state index in [0.717, 1.165) is 40.2 Å². The molecule has 2 heterocycles. The van der Waals surface area contributed by atoms with Gasteiger partial charge in [-0.05, 0) is 89.7 Å². The lowest BCUT2D eigenvalue weighted by atomic mass is 10.0. The molecule has 5 rings (SSSR count). The van der Waals surface area contributed by atoms with Crippen LogP contribution < -0.4 is 10.2 Å². The first kappa shape index (κ1) is 20.8. The number of amides is 1. The van der Waals surface area contributed by atoms with Crippen molar-refractivity contribution in [1.82, 2.24) is 5.32 Å². The summed E-state index contributed by atoms with van der Waals surface area (Å²) >= 11 is 1.68. The van der Waals surface area contributed by atoms with Crippen LogP contribution in [-0.4, -0.2) is 12.5 Å². The van der Waals surface area contributed by atoms with Gasteiger partial charge in [0.15, 0.2) is 0 Å². The molecule has 1 amide bonds. The molecule has 32 heavy (non-hydrogen) atoms. The van der Waals surface area contributed by atoms with Gasteiger partial charge in [-0.1, -0.05) is 36.9 Å². The van der Waals surface area contributed by atoms with Crippen molar-refractivity contribution in [3.8, 4) is 0 Å². The Bertz CT molecular complexity index is 1230. The van der Waals surface area contributed by atoms with Crippen LogP contribution >= 0.6 is 11.3 Å². The molecule has 1 aliphatic heterocycles. The van der Waals surface area contributed by atoms with E-state index in [1.54, 1.807) is 11.3 Å². The first-order valence-corrected chi connectivity index (χ1v) is 12.1. The van der Waals surface area contributed by atoms with Crippen molar-refractivity contribution in [3.63, 3.8) is 0 Å². The van der Waals surface area contributed by atoms with Crippen LogP contribution in [0.1, 0.15) is 53.0 Å². The lowest BCUT2D eigenvalue weighted by Gasteiger charge is -2.27. The Balaban J connectivity index is 0.00000259. The van der Waals surface area contributed by atoms with Gasteiger partial charge in [0.2, 0.25) is 5.91 Å². The van der Waals surface area contributed by atoms with Crippen LogP contribution in [0, 0.1) is 13.8 Å². The standard InChI is InChI=1S/C28H28N2OS.H2/c1-18-13-22-15-23(27-9-6-12-32-27)16-28(31)30(26(22)14-19(18)2)17-20(3)29-25-11-10-21-7-4-5-8-24(21)25;/h4-9,12-15,25,29H,3,10-11,16-17H2,1-2H3;1H. The number of thiophene rings is 1. The number of fused-ring (bicyclic) bond motifs is 2. The summed E-state index contributed by atoms with van der Waals surface area (Å²) in [6.45, 7) is 9.02. The Morgan fingerprint density at radius 2 is 2.00 bits per heavy atom. The number of rotatable bonds is 5. The van der Waals surface area contributed by atoms with Gasteiger partial charge in [0.1, 0.15) is 0 Å². The molecule has 0 saturated carbocycles. The summed E-state index contributed by atoms with van der Waals surface area (Å²) < 4.78 is 0. The normalized spacial score (nSPS) is 17.4. The molecule has 1 unspecified atom stereocenters. The van der Waals surface area contributed by atoms with Crippen molar-refractivity contribution in [3.05, 3.63) is 98.9 Å². The van der Waals surface area contributed by atoms with E-state index in [-0.39, 0.29) is 13.4 Å². The van der Waals surface area contributed by atoms with Crippen LogP contribution in [0.5, 0.6) is 0 Å². The first-order chi connectivity index (χ1) is 15.5. The van der Waals surface area contributed by atoms with E-state index in [2.05, 4.69) is 79.7 Å². The number of hydrogen-bond donors (Lipinski definition) is 1. The number of carbonyl (C=O) groups is 1. The molecular weight excluding hydrogens is 412 g/mol. The molecule has 0 spiro atoms. The van der Waals surface area contributed by atoms with Crippen molar-refractivity contribution < 1.29 is 6.22 Å². The molecule has 2 aromatic carbocycles. The van der Waals surface area contributed by atoms with Crippen LogP contribution in [0.2, 0.25) is 0 Å². The maximum atomic E-state index is 13.5. The molecule has 0 fully saturated rings. The van der Waals surface area contributed by atoms with Gasteiger partial charge in [-0.3, -0.25) is 4.79 Å². The van der Waals surface area contributed by atoms with E-state index in [0.29, 0.717) is 13.0 Å². The molecule has 1 N–H and O–H groups in total. The van der Waals surface area contributed by atoms with Gasteiger partial charge < -0.3 is 10.2 Å². The zero-order chi connectivity index (χ0) is 22.2. The minimum Gasteiger partial charge on any atom is -0.381 e. The Hall–Kier alpha value is -3.11. The number of nitrogens with one attached hydrogen (secondary N) is 1. The van der Waals surface area contributed by atoms with Crippen LogP contribution in [-0.2, 0) is 11.2 Å². The maximum Gasteiger partial charge on any atom is 0.231 e. The van der Waals surface area contributed by atoms with E-state index < -0.39 is 0 Å². The highest BCUT2D eigenvalue weighted by Crippen LogP contribution is 2.37. The Labute approximate surface area is 195 Å². The predicted octanol–water partition coefficient (Wildman–Crippen LogP) is 6.68. The SMILES string of the molecule is C=C(CN1C(=O)CC(c2cccs2)=Cc2cc(C)c(C)cc21)NC1CCc2ccccc21.[HH]. The second kappa shape index (κ2) is 8.44. The molecule has 0 bridgehead atoms. The second-order valence-corrected chi connectivity index (χ2v) is 9.78. The molecule has 164 valence electrons. The van der Waals surface area contributed by atoms with Crippen molar-refractivity contribution in [2.75, 3.05) is 11.4 Å². The second-order valence-electron chi connectivity index (χ2n) is 8.84. The quantitative estimate of drug-likeness (QED) is 0.478. The smallest absolute Gasteiger partial charge is 0.231 e. The fraction of sp³-hybridized carbons (Fsp3) is 0.250. The van der Waals surface area contributed by atoms with Gasteiger partial charge in [-0.25, -0.2) is 0 Å². The fourth-order valence-corrected chi connectivity index (χ4v) is 5.53. The topological polar surface area (TPSA) is 32.3 Å². The zero-order valence-electron chi connectivity index (χ0n) is 18.7. The molecule has 2 aliphatic rings. The molecule has 1 aliphatic carbocycles. The van der Waals surface area contributed by atoms with E-state index in [1.165, 1.54) is 22.3 Å². The molecular formula is C28H30N2OS. The van der Waals surface area contributed by atoms with Crippen LogP contribution in [0.3, 0.4) is 0 Å². The number of aryl methyl sites for hydroxylation is 3. The Morgan fingerprint density at radius 1 is 1.19 bits per heavy atom. The molecule has 0 radical (unpaired) electrons. The zero-order valence-corrected chi connectivity index (χ0v) is 19.5. The molecule has 1 aromatic heterocycles. The van der Waals surface area contributed by atoms with Crippen molar-refractivity contribution in [1.29, 1.82) is 0 Å². The predicted molar refractivity (Wildman–Crippen MR) is 137 cm³/mol. The highest BCUT2D eigenvalue weighted by atomic mass is 32.1. The van der Waals surface area contributed by atoms with Gasteiger partial charge >= 0.3 is 0 Å². The van der Waals surface area contributed by atoms with Gasteiger partial charge in [-0.15, -0.1) is 11.3 Å². The van der Waals surface area contributed by atoms with Gasteiger partial charge in [0, 0.05) is 12.0 Å². The molecule has 3 aromatic rings. The highest BCUT2D eigenvalue weighted by Gasteiger charge is 2.27. The number of carbonyl (C=O) groups excluding carboxylic acids is 1. The van der Waals surface area contributed by atoms with Crippen LogP contribution in [0.15, 0.2) is 66.2 Å². The lowest BCUT2D eigenvalue weighted by Crippen LogP contribution is -2.36. The Kier molecular flexibility index (Phi) is 5.48. The van der Waals surface area contributed by atoms with Gasteiger partial charge in [0.25, 0.3) is 0 Å². The van der Waals surface area contributed by atoms with Gasteiger partial charge in [-0.2, -0.15) is 0 Å².